The zero-order valence-corrected chi connectivity index (χ0v) is 10.4. The van der Waals surface area contributed by atoms with E-state index in [0.717, 1.165) is 35.4 Å². The molecule has 0 aliphatic heterocycles. The highest BCUT2D eigenvalue weighted by atomic mass is 16.5. The largest absolute Gasteiger partial charge is 0.492 e. The molecule has 2 N–H and O–H groups in total. The Morgan fingerprint density at radius 2 is 1.94 bits per heavy atom. The van der Waals surface area contributed by atoms with Gasteiger partial charge in [0, 0.05) is 17.5 Å². The molecular weight excluding hydrogens is 212 g/mol. The fourth-order valence-electron chi connectivity index (χ4n) is 2.15. The Hall–Kier alpha value is -1.69. The summed E-state index contributed by atoms with van der Waals surface area (Å²) in [6, 6.07) is 6.09. The van der Waals surface area contributed by atoms with Gasteiger partial charge in [-0.3, -0.25) is 0 Å². The summed E-state index contributed by atoms with van der Waals surface area (Å²) >= 11 is 0. The summed E-state index contributed by atoms with van der Waals surface area (Å²) in [5, 5.41) is 8.76. The Morgan fingerprint density at radius 1 is 1.35 bits per heavy atom. The number of nitrogens with two attached hydrogens (primary N) is 1. The lowest BCUT2D eigenvalue weighted by atomic mass is 10.0. The Labute approximate surface area is 102 Å². The number of benzene rings is 1. The lowest BCUT2D eigenvalue weighted by Gasteiger charge is -2.17. The fourth-order valence-corrected chi connectivity index (χ4v) is 2.15. The van der Waals surface area contributed by atoms with E-state index in [-0.39, 0.29) is 5.41 Å². The van der Waals surface area contributed by atoms with Crippen molar-refractivity contribution in [2.24, 2.45) is 5.41 Å². The van der Waals surface area contributed by atoms with Crippen LogP contribution in [0, 0.1) is 30.6 Å². The van der Waals surface area contributed by atoms with Crippen molar-refractivity contribution in [2.75, 3.05) is 12.3 Å². The smallest absolute Gasteiger partial charge is 0.125 e. The molecule has 0 radical (unpaired) electrons. The SMILES string of the molecule is Cc1cc(N)cc(C)c1OCC1(CC#N)CC1. The van der Waals surface area contributed by atoms with Crippen molar-refractivity contribution in [3.05, 3.63) is 23.3 Å². The number of rotatable bonds is 4. The van der Waals surface area contributed by atoms with Crippen LogP contribution in [0.4, 0.5) is 5.69 Å². The quantitative estimate of drug-likeness (QED) is 0.809. The van der Waals surface area contributed by atoms with Crippen LogP contribution >= 0.6 is 0 Å². The molecule has 0 aromatic heterocycles. The number of hydrogen-bond acceptors (Lipinski definition) is 3. The van der Waals surface area contributed by atoms with Crippen molar-refractivity contribution < 1.29 is 4.74 Å². The maximum absolute atomic E-state index is 8.76. The predicted molar refractivity (Wildman–Crippen MR) is 67.7 cm³/mol. The average Bonchev–Trinajstić information content (AvgIpc) is 2.97. The Bertz CT molecular complexity index is 447. The van der Waals surface area contributed by atoms with Gasteiger partial charge in [0.15, 0.2) is 0 Å². The Kier molecular flexibility index (Phi) is 2.97. The molecule has 0 atom stereocenters. The van der Waals surface area contributed by atoms with Crippen LogP contribution in [-0.2, 0) is 0 Å². The first-order valence-electron chi connectivity index (χ1n) is 5.93. The van der Waals surface area contributed by atoms with Crippen LogP contribution in [-0.4, -0.2) is 6.61 Å². The summed E-state index contributed by atoms with van der Waals surface area (Å²) in [6.45, 7) is 4.65. The highest BCUT2D eigenvalue weighted by Gasteiger charge is 2.43. The molecular formula is C14H18N2O. The summed E-state index contributed by atoms with van der Waals surface area (Å²) in [7, 11) is 0. The minimum absolute atomic E-state index is 0.120. The summed E-state index contributed by atoms with van der Waals surface area (Å²) in [4.78, 5) is 0. The molecule has 1 aromatic rings. The third kappa shape index (κ3) is 2.52. The molecule has 2 rings (SSSR count). The third-order valence-corrected chi connectivity index (χ3v) is 3.42. The van der Waals surface area contributed by atoms with Gasteiger partial charge in [-0.1, -0.05) is 0 Å². The maximum atomic E-state index is 8.76. The molecule has 1 saturated carbocycles. The molecule has 3 nitrogen and oxygen atoms in total. The summed E-state index contributed by atoms with van der Waals surface area (Å²) in [6.07, 6.45) is 2.81. The van der Waals surface area contributed by atoms with Gasteiger partial charge in [-0.25, -0.2) is 0 Å². The van der Waals surface area contributed by atoms with Crippen LogP contribution in [0.15, 0.2) is 12.1 Å². The molecule has 0 spiro atoms. The third-order valence-electron chi connectivity index (χ3n) is 3.42. The molecule has 1 fully saturated rings. The summed E-state index contributed by atoms with van der Waals surface area (Å²) < 4.78 is 5.90. The van der Waals surface area contributed by atoms with E-state index in [1.165, 1.54) is 0 Å². The zero-order chi connectivity index (χ0) is 12.5. The van der Waals surface area contributed by atoms with E-state index in [1.807, 2.05) is 26.0 Å². The second-order valence-electron chi connectivity index (χ2n) is 5.11. The summed E-state index contributed by atoms with van der Waals surface area (Å²) in [5.41, 5.74) is 8.79. The first kappa shape index (κ1) is 11.8. The molecule has 0 heterocycles. The van der Waals surface area contributed by atoms with Gasteiger partial charge in [-0.2, -0.15) is 5.26 Å². The highest BCUT2D eigenvalue weighted by Crippen LogP contribution is 2.49. The number of anilines is 1. The lowest BCUT2D eigenvalue weighted by molar-refractivity contribution is 0.234. The van der Waals surface area contributed by atoms with Crippen LogP contribution in [0.25, 0.3) is 0 Å². The molecule has 1 aromatic carbocycles. The number of nitriles is 1. The van der Waals surface area contributed by atoms with Crippen LogP contribution in [0.3, 0.4) is 0 Å². The van der Waals surface area contributed by atoms with Crippen molar-refractivity contribution in [1.82, 2.24) is 0 Å². The molecule has 0 unspecified atom stereocenters. The van der Waals surface area contributed by atoms with Crippen molar-refractivity contribution in [1.29, 1.82) is 5.26 Å². The van der Waals surface area contributed by atoms with Gasteiger partial charge in [0.25, 0.3) is 0 Å². The lowest BCUT2D eigenvalue weighted by Crippen LogP contribution is -2.13. The van der Waals surface area contributed by atoms with Crippen molar-refractivity contribution in [3.63, 3.8) is 0 Å². The van der Waals surface area contributed by atoms with E-state index in [1.54, 1.807) is 0 Å². The van der Waals surface area contributed by atoms with E-state index < -0.39 is 0 Å². The number of aryl methyl sites for hydroxylation is 2. The van der Waals surface area contributed by atoms with Gasteiger partial charge in [0.05, 0.1) is 12.7 Å². The van der Waals surface area contributed by atoms with E-state index in [0.29, 0.717) is 13.0 Å². The molecule has 1 aliphatic rings. The molecule has 90 valence electrons. The van der Waals surface area contributed by atoms with Gasteiger partial charge in [-0.15, -0.1) is 0 Å². The number of ether oxygens (including phenoxy) is 1. The molecule has 17 heavy (non-hydrogen) atoms. The Balaban J connectivity index is 2.07. The molecule has 0 amide bonds. The van der Waals surface area contributed by atoms with Crippen molar-refractivity contribution in [3.8, 4) is 11.8 Å². The standard InChI is InChI=1S/C14H18N2O/c1-10-7-12(16)8-11(2)13(10)17-9-14(3-4-14)5-6-15/h7-8H,3-5,9,16H2,1-2H3. The number of nitrogen functional groups attached to an aromatic ring is 1. The van der Waals surface area contributed by atoms with Crippen molar-refractivity contribution >= 4 is 5.69 Å². The van der Waals surface area contributed by atoms with Crippen LogP contribution < -0.4 is 10.5 Å². The number of hydrogen-bond donors (Lipinski definition) is 1. The molecule has 0 saturated heterocycles. The minimum Gasteiger partial charge on any atom is -0.492 e. The van der Waals surface area contributed by atoms with Crippen LogP contribution in [0.2, 0.25) is 0 Å². The Morgan fingerprint density at radius 3 is 2.41 bits per heavy atom. The maximum Gasteiger partial charge on any atom is 0.125 e. The summed E-state index contributed by atoms with van der Waals surface area (Å²) in [5.74, 6) is 0.920. The molecule has 3 heteroatoms. The van der Waals surface area contributed by atoms with Crippen LogP contribution in [0.1, 0.15) is 30.4 Å². The highest BCUT2D eigenvalue weighted by molar-refractivity contribution is 5.52. The fraction of sp³-hybridized carbons (Fsp3) is 0.500. The van der Waals surface area contributed by atoms with E-state index >= 15 is 0 Å². The monoisotopic (exact) mass is 230 g/mol. The normalized spacial score (nSPS) is 16.3. The minimum atomic E-state index is 0.120. The van der Waals surface area contributed by atoms with Gasteiger partial charge < -0.3 is 10.5 Å². The van der Waals surface area contributed by atoms with Crippen molar-refractivity contribution in [2.45, 2.75) is 33.1 Å². The van der Waals surface area contributed by atoms with Gasteiger partial charge in [0.2, 0.25) is 0 Å². The first-order valence-corrected chi connectivity index (χ1v) is 5.93. The number of nitrogens with zero attached hydrogens (tertiary/aromatic N) is 1. The second-order valence-corrected chi connectivity index (χ2v) is 5.11. The van der Waals surface area contributed by atoms with E-state index in [9.17, 15) is 0 Å². The van der Waals surface area contributed by atoms with E-state index in [4.69, 9.17) is 15.7 Å². The topological polar surface area (TPSA) is 59.0 Å². The van der Waals surface area contributed by atoms with Gasteiger partial charge in [0.1, 0.15) is 5.75 Å². The zero-order valence-electron chi connectivity index (χ0n) is 10.4. The predicted octanol–water partition coefficient (Wildman–Crippen LogP) is 2.96. The van der Waals surface area contributed by atoms with Gasteiger partial charge in [-0.05, 0) is 49.9 Å². The average molecular weight is 230 g/mol. The van der Waals surface area contributed by atoms with E-state index in [2.05, 4.69) is 6.07 Å². The van der Waals surface area contributed by atoms with Crippen LogP contribution in [0.5, 0.6) is 5.75 Å². The molecule has 1 aliphatic carbocycles. The second kappa shape index (κ2) is 4.29. The van der Waals surface area contributed by atoms with Gasteiger partial charge >= 0.3 is 0 Å². The first-order chi connectivity index (χ1) is 8.06. The molecule has 0 bridgehead atoms.